The molecule has 2 fully saturated rings. The van der Waals surface area contributed by atoms with Crippen molar-refractivity contribution >= 4 is 11.8 Å². The molecule has 3 unspecified atom stereocenters. The van der Waals surface area contributed by atoms with E-state index < -0.39 is 0 Å². The summed E-state index contributed by atoms with van der Waals surface area (Å²) in [5.74, 6) is 0.772. The molecule has 0 spiro atoms. The molecule has 0 radical (unpaired) electrons. The van der Waals surface area contributed by atoms with Gasteiger partial charge in [-0.25, -0.2) is 4.39 Å². The average Bonchev–Trinajstić information content (AvgIpc) is 3.44. The number of ether oxygens (including phenoxy) is 2. The lowest BCUT2D eigenvalue weighted by Gasteiger charge is -2.17. The van der Waals surface area contributed by atoms with Crippen LogP contribution in [0.25, 0.3) is 0 Å². The van der Waals surface area contributed by atoms with E-state index in [0.717, 1.165) is 17.5 Å². The Labute approximate surface area is 181 Å². The van der Waals surface area contributed by atoms with E-state index in [4.69, 9.17) is 9.47 Å². The molecular formula is C24H27FN2O4. The van der Waals surface area contributed by atoms with Gasteiger partial charge in [-0.05, 0) is 48.2 Å². The van der Waals surface area contributed by atoms with E-state index in [1.165, 1.54) is 12.1 Å². The number of rotatable bonds is 8. The van der Waals surface area contributed by atoms with Crippen LogP contribution in [0.15, 0.2) is 42.5 Å². The van der Waals surface area contributed by atoms with E-state index >= 15 is 0 Å². The van der Waals surface area contributed by atoms with Gasteiger partial charge < -0.3 is 19.7 Å². The van der Waals surface area contributed by atoms with Gasteiger partial charge in [0.15, 0.2) is 11.5 Å². The van der Waals surface area contributed by atoms with Gasteiger partial charge in [-0.2, -0.15) is 0 Å². The number of amides is 2. The van der Waals surface area contributed by atoms with Gasteiger partial charge in [0.05, 0.1) is 20.1 Å². The minimum atomic E-state index is -0.341. The monoisotopic (exact) mass is 426 g/mol. The number of hydrogen-bond donors (Lipinski definition) is 1. The highest BCUT2D eigenvalue weighted by Gasteiger charge is 2.42. The molecule has 31 heavy (non-hydrogen) atoms. The first-order chi connectivity index (χ1) is 15.0. The molecule has 1 saturated heterocycles. The zero-order valence-corrected chi connectivity index (χ0v) is 17.8. The Hall–Kier alpha value is -3.09. The van der Waals surface area contributed by atoms with Crippen molar-refractivity contribution in [3.8, 4) is 11.5 Å². The summed E-state index contributed by atoms with van der Waals surface area (Å²) in [7, 11) is 3.18. The second kappa shape index (κ2) is 8.96. The fraction of sp³-hybridized carbons (Fsp3) is 0.417. The highest BCUT2D eigenvalue weighted by Crippen LogP contribution is 2.41. The first-order valence-electron chi connectivity index (χ1n) is 10.5. The third kappa shape index (κ3) is 4.81. The van der Waals surface area contributed by atoms with Gasteiger partial charge >= 0.3 is 0 Å². The van der Waals surface area contributed by atoms with Crippen molar-refractivity contribution in [1.82, 2.24) is 10.2 Å². The second-order valence-electron chi connectivity index (χ2n) is 8.19. The van der Waals surface area contributed by atoms with Crippen LogP contribution >= 0.6 is 0 Å². The summed E-state index contributed by atoms with van der Waals surface area (Å²) in [5, 5.41) is 3.04. The molecule has 1 heterocycles. The van der Waals surface area contributed by atoms with E-state index in [9.17, 15) is 14.0 Å². The zero-order valence-electron chi connectivity index (χ0n) is 17.8. The van der Waals surface area contributed by atoms with E-state index in [-0.39, 0.29) is 41.9 Å². The first kappa shape index (κ1) is 21.2. The number of likely N-dealkylation sites (tertiary alicyclic amines) is 1. The standard InChI is InChI=1S/C24H27FN2O4/c1-30-21-7-6-15(10-22(21)31-2)8-9-27-14-17(12-23(27)28)24(29)26-20-13-19(20)16-4-3-5-18(25)11-16/h3-7,10-11,17,19-20H,8-9,12-14H2,1-2H3,(H,26,29). The molecule has 3 atom stereocenters. The molecule has 164 valence electrons. The maximum atomic E-state index is 13.4. The van der Waals surface area contributed by atoms with Crippen LogP contribution in [0, 0.1) is 11.7 Å². The smallest absolute Gasteiger partial charge is 0.225 e. The van der Waals surface area contributed by atoms with Crippen molar-refractivity contribution in [1.29, 1.82) is 0 Å². The highest BCUT2D eigenvalue weighted by atomic mass is 19.1. The van der Waals surface area contributed by atoms with Crippen molar-refractivity contribution in [2.45, 2.75) is 31.2 Å². The van der Waals surface area contributed by atoms with Crippen LogP contribution in [-0.4, -0.2) is 50.1 Å². The fourth-order valence-electron chi connectivity index (χ4n) is 4.22. The predicted octanol–water partition coefficient (Wildman–Crippen LogP) is 2.91. The summed E-state index contributed by atoms with van der Waals surface area (Å²) >= 11 is 0. The third-order valence-electron chi connectivity index (χ3n) is 6.10. The molecule has 6 nitrogen and oxygen atoms in total. The van der Waals surface area contributed by atoms with Gasteiger partial charge in [-0.1, -0.05) is 18.2 Å². The Morgan fingerprint density at radius 3 is 2.71 bits per heavy atom. The van der Waals surface area contributed by atoms with Crippen LogP contribution in [0.2, 0.25) is 0 Å². The Bertz CT molecular complexity index is 980. The van der Waals surface area contributed by atoms with Crippen molar-refractivity contribution in [2.75, 3.05) is 27.3 Å². The number of benzene rings is 2. The number of carbonyl (C=O) groups is 2. The number of carbonyl (C=O) groups excluding carboxylic acids is 2. The van der Waals surface area contributed by atoms with Crippen molar-refractivity contribution < 1.29 is 23.5 Å². The van der Waals surface area contributed by atoms with Gasteiger partial charge in [-0.15, -0.1) is 0 Å². The molecule has 2 amide bonds. The largest absolute Gasteiger partial charge is 0.493 e. The Balaban J connectivity index is 1.28. The number of methoxy groups -OCH3 is 2. The lowest BCUT2D eigenvalue weighted by molar-refractivity contribution is -0.129. The molecule has 1 N–H and O–H groups in total. The Kier molecular flexibility index (Phi) is 6.11. The maximum Gasteiger partial charge on any atom is 0.225 e. The topological polar surface area (TPSA) is 67.9 Å². The second-order valence-corrected chi connectivity index (χ2v) is 8.19. The van der Waals surface area contributed by atoms with Gasteiger partial charge in [0.2, 0.25) is 11.8 Å². The molecule has 1 saturated carbocycles. The molecule has 2 aliphatic rings. The van der Waals surface area contributed by atoms with Gasteiger partial charge in [-0.3, -0.25) is 9.59 Å². The van der Waals surface area contributed by atoms with Crippen LogP contribution in [0.1, 0.15) is 29.9 Å². The number of nitrogens with zero attached hydrogens (tertiary/aromatic N) is 1. The van der Waals surface area contributed by atoms with Gasteiger partial charge in [0.25, 0.3) is 0 Å². The van der Waals surface area contributed by atoms with E-state index in [1.807, 2.05) is 24.3 Å². The fourth-order valence-corrected chi connectivity index (χ4v) is 4.22. The van der Waals surface area contributed by atoms with Crippen LogP contribution in [0.3, 0.4) is 0 Å². The number of nitrogens with one attached hydrogen (secondary N) is 1. The summed E-state index contributed by atoms with van der Waals surface area (Å²) in [6, 6.07) is 12.2. The van der Waals surface area contributed by atoms with Crippen LogP contribution < -0.4 is 14.8 Å². The van der Waals surface area contributed by atoms with E-state index in [1.54, 1.807) is 25.2 Å². The SMILES string of the molecule is COc1ccc(CCN2CC(C(=O)NC3CC3c3cccc(F)c3)CC2=O)cc1OC. The lowest BCUT2D eigenvalue weighted by Crippen LogP contribution is -2.35. The number of hydrogen-bond acceptors (Lipinski definition) is 4. The zero-order chi connectivity index (χ0) is 22.0. The molecule has 7 heteroatoms. The Morgan fingerprint density at radius 2 is 1.97 bits per heavy atom. The first-order valence-corrected chi connectivity index (χ1v) is 10.5. The average molecular weight is 426 g/mol. The summed E-state index contributed by atoms with van der Waals surface area (Å²) in [4.78, 5) is 26.8. The summed E-state index contributed by atoms with van der Waals surface area (Å²) in [5.41, 5.74) is 1.94. The maximum absolute atomic E-state index is 13.4. The van der Waals surface area contributed by atoms with Crippen molar-refractivity contribution in [2.24, 2.45) is 5.92 Å². The molecule has 2 aromatic carbocycles. The molecule has 2 aromatic rings. The predicted molar refractivity (Wildman–Crippen MR) is 114 cm³/mol. The summed E-state index contributed by atoms with van der Waals surface area (Å²) < 4.78 is 24.0. The van der Waals surface area contributed by atoms with Gasteiger partial charge in [0.1, 0.15) is 5.82 Å². The molecule has 0 bridgehead atoms. The minimum absolute atomic E-state index is 0.00176. The lowest BCUT2D eigenvalue weighted by atomic mass is 10.1. The van der Waals surface area contributed by atoms with Crippen molar-refractivity contribution in [3.05, 3.63) is 59.4 Å². The molecule has 1 aliphatic carbocycles. The normalized spacial score (nSPS) is 22.4. The molecular weight excluding hydrogens is 399 g/mol. The molecule has 0 aromatic heterocycles. The van der Waals surface area contributed by atoms with E-state index in [2.05, 4.69) is 5.32 Å². The Morgan fingerprint density at radius 1 is 1.16 bits per heavy atom. The van der Waals surface area contributed by atoms with Gasteiger partial charge in [0, 0.05) is 31.5 Å². The van der Waals surface area contributed by atoms with E-state index in [0.29, 0.717) is 31.0 Å². The van der Waals surface area contributed by atoms with Crippen LogP contribution in [0.5, 0.6) is 11.5 Å². The number of halogens is 1. The van der Waals surface area contributed by atoms with Crippen molar-refractivity contribution in [3.63, 3.8) is 0 Å². The molecule has 4 rings (SSSR count). The van der Waals surface area contributed by atoms with Crippen LogP contribution in [-0.2, 0) is 16.0 Å². The summed E-state index contributed by atoms with van der Waals surface area (Å²) in [6.45, 7) is 0.975. The third-order valence-corrected chi connectivity index (χ3v) is 6.10. The summed E-state index contributed by atoms with van der Waals surface area (Å²) in [6.07, 6.45) is 1.71. The minimum Gasteiger partial charge on any atom is -0.493 e. The quantitative estimate of drug-likeness (QED) is 0.705. The molecule has 1 aliphatic heterocycles. The highest BCUT2D eigenvalue weighted by molar-refractivity contribution is 5.89. The van der Waals surface area contributed by atoms with Crippen LogP contribution in [0.4, 0.5) is 4.39 Å².